The number of anilines is 2. The second-order valence-electron chi connectivity index (χ2n) is 3.51. The van der Waals surface area contributed by atoms with Crippen molar-refractivity contribution in [2.24, 2.45) is 0 Å². The fourth-order valence-corrected chi connectivity index (χ4v) is 1.73. The molecule has 1 rings (SSSR count). The minimum atomic E-state index is -0.0828. The van der Waals surface area contributed by atoms with Crippen LogP contribution in [0.5, 0.6) is 0 Å². The maximum absolute atomic E-state index is 11.4. The summed E-state index contributed by atoms with van der Waals surface area (Å²) < 4.78 is 0.609. The molecule has 0 aliphatic heterocycles. The van der Waals surface area contributed by atoms with Crippen molar-refractivity contribution < 1.29 is 4.79 Å². The lowest BCUT2D eigenvalue weighted by Crippen LogP contribution is -2.37. The van der Waals surface area contributed by atoms with Gasteiger partial charge in [0.25, 0.3) is 0 Å². The predicted octanol–water partition coefficient (Wildman–Crippen LogP) is 0.784. The number of carbonyl (C=O) groups excluding carboxylic acids is 1. The van der Waals surface area contributed by atoms with Gasteiger partial charge in [0.05, 0.1) is 6.54 Å². The highest BCUT2D eigenvalue weighted by atomic mass is 79.9. The first-order valence-corrected chi connectivity index (χ1v) is 6.11. The van der Waals surface area contributed by atoms with Crippen LogP contribution >= 0.6 is 15.9 Å². The number of nitrogens with one attached hydrogen (secondary N) is 1. The van der Waals surface area contributed by atoms with E-state index >= 15 is 0 Å². The van der Waals surface area contributed by atoms with Crippen molar-refractivity contribution in [3.63, 3.8) is 0 Å². The van der Waals surface area contributed by atoms with Crippen LogP contribution in [0, 0.1) is 0 Å². The van der Waals surface area contributed by atoms with Gasteiger partial charge in [-0.2, -0.15) is 4.98 Å². The maximum Gasteiger partial charge on any atom is 0.239 e. The average Bonchev–Trinajstić information content (AvgIpc) is 2.27. The Morgan fingerprint density at radius 2 is 2.29 bits per heavy atom. The van der Waals surface area contributed by atoms with Crippen LogP contribution < -0.4 is 16.0 Å². The Morgan fingerprint density at radius 3 is 2.82 bits per heavy atom. The number of nitrogens with zero attached hydrogens (tertiary/aromatic N) is 3. The lowest BCUT2D eigenvalue weighted by Gasteiger charge is -2.21. The molecule has 94 valence electrons. The molecule has 0 saturated heterocycles. The number of nitrogens with two attached hydrogens (primary N) is 1. The lowest BCUT2D eigenvalue weighted by molar-refractivity contribution is -0.119. The van der Waals surface area contributed by atoms with Crippen molar-refractivity contribution in [1.82, 2.24) is 15.3 Å². The molecule has 1 amide bonds. The van der Waals surface area contributed by atoms with Crippen LogP contribution in [-0.2, 0) is 4.79 Å². The number of likely N-dealkylation sites (N-methyl/N-ethyl adjacent to an activating group) is 1. The van der Waals surface area contributed by atoms with Crippen LogP contribution in [0.25, 0.3) is 0 Å². The van der Waals surface area contributed by atoms with Crippen molar-refractivity contribution in [3.8, 4) is 0 Å². The number of aromatic nitrogens is 2. The molecule has 6 nitrogen and oxygen atoms in total. The van der Waals surface area contributed by atoms with Crippen molar-refractivity contribution in [1.29, 1.82) is 0 Å². The van der Waals surface area contributed by atoms with E-state index in [4.69, 9.17) is 5.73 Å². The van der Waals surface area contributed by atoms with Crippen LogP contribution in [0.15, 0.2) is 10.7 Å². The molecule has 7 heteroatoms. The molecule has 0 aliphatic carbocycles. The molecule has 0 spiro atoms. The van der Waals surface area contributed by atoms with E-state index in [0.29, 0.717) is 22.9 Å². The summed E-state index contributed by atoms with van der Waals surface area (Å²) in [6.07, 6.45) is 0.896. The number of carbonyl (C=O) groups is 1. The van der Waals surface area contributed by atoms with Gasteiger partial charge in [0, 0.05) is 19.7 Å². The summed E-state index contributed by atoms with van der Waals surface area (Å²) in [5.41, 5.74) is 5.65. The van der Waals surface area contributed by atoms with Crippen LogP contribution in [0.2, 0.25) is 0 Å². The van der Waals surface area contributed by atoms with Gasteiger partial charge >= 0.3 is 0 Å². The molecular weight excluding hydrogens is 286 g/mol. The largest absolute Gasteiger partial charge is 0.383 e. The molecule has 3 N–H and O–H groups in total. The van der Waals surface area contributed by atoms with E-state index in [1.807, 2.05) is 6.92 Å². The van der Waals surface area contributed by atoms with Gasteiger partial charge in [-0.25, -0.2) is 4.98 Å². The maximum atomic E-state index is 11.4. The van der Waals surface area contributed by atoms with E-state index in [2.05, 4.69) is 31.2 Å². The minimum Gasteiger partial charge on any atom is -0.383 e. The summed E-state index contributed by atoms with van der Waals surface area (Å²) in [7, 11) is 1.60. The van der Waals surface area contributed by atoms with Crippen molar-refractivity contribution in [3.05, 3.63) is 10.7 Å². The Bertz CT molecular complexity index is 378. The Balaban J connectivity index is 2.91. The standard InChI is InChI=1S/C10H16BrN5O/c1-3-4-16(6-9(17)13-2)10-14-7(11)5-8(12)15-10/h5H,3-4,6H2,1-2H3,(H,13,17)(H2,12,14,15). The molecule has 1 aromatic rings. The van der Waals surface area contributed by atoms with Gasteiger partial charge in [0.15, 0.2) is 0 Å². The van der Waals surface area contributed by atoms with Crippen LogP contribution in [0.1, 0.15) is 13.3 Å². The summed E-state index contributed by atoms with van der Waals surface area (Å²) in [5, 5.41) is 2.57. The zero-order chi connectivity index (χ0) is 12.8. The van der Waals surface area contributed by atoms with E-state index in [1.54, 1.807) is 18.0 Å². The molecule has 0 radical (unpaired) electrons. The summed E-state index contributed by atoms with van der Waals surface area (Å²) in [5.74, 6) is 0.753. The van der Waals surface area contributed by atoms with Gasteiger partial charge in [-0.3, -0.25) is 4.79 Å². The quantitative estimate of drug-likeness (QED) is 0.785. The van der Waals surface area contributed by atoms with Gasteiger partial charge in [0.1, 0.15) is 10.4 Å². The first kappa shape index (κ1) is 13.7. The minimum absolute atomic E-state index is 0.0828. The number of rotatable bonds is 5. The Morgan fingerprint density at radius 1 is 1.59 bits per heavy atom. The Labute approximate surface area is 109 Å². The number of nitrogen functional groups attached to an aromatic ring is 1. The fraction of sp³-hybridized carbons (Fsp3) is 0.500. The summed E-state index contributed by atoms with van der Waals surface area (Å²) >= 11 is 3.26. The third kappa shape index (κ3) is 4.18. The normalized spacial score (nSPS) is 10.1. The lowest BCUT2D eigenvalue weighted by atomic mass is 10.4. The summed E-state index contributed by atoms with van der Waals surface area (Å²) in [4.78, 5) is 21.5. The number of hydrogen-bond acceptors (Lipinski definition) is 5. The zero-order valence-corrected chi connectivity index (χ0v) is 11.5. The molecule has 0 fully saturated rings. The highest BCUT2D eigenvalue weighted by Crippen LogP contribution is 2.15. The van der Waals surface area contributed by atoms with Gasteiger partial charge in [-0.1, -0.05) is 6.92 Å². The second kappa shape index (κ2) is 6.39. The summed E-state index contributed by atoms with van der Waals surface area (Å²) in [6.45, 7) is 2.95. The molecular formula is C10H16BrN5O. The third-order valence-electron chi connectivity index (χ3n) is 2.09. The van der Waals surface area contributed by atoms with Gasteiger partial charge in [-0.15, -0.1) is 0 Å². The molecule has 0 aliphatic rings. The van der Waals surface area contributed by atoms with Crippen molar-refractivity contribution in [2.45, 2.75) is 13.3 Å². The smallest absolute Gasteiger partial charge is 0.239 e. The highest BCUT2D eigenvalue weighted by molar-refractivity contribution is 9.10. The highest BCUT2D eigenvalue weighted by Gasteiger charge is 2.13. The molecule has 17 heavy (non-hydrogen) atoms. The van der Waals surface area contributed by atoms with E-state index < -0.39 is 0 Å². The van der Waals surface area contributed by atoms with Gasteiger partial charge in [-0.05, 0) is 22.4 Å². The second-order valence-corrected chi connectivity index (χ2v) is 4.32. The SMILES string of the molecule is CCCN(CC(=O)NC)c1nc(N)cc(Br)n1. The van der Waals surface area contributed by atoms with Gasteiger partial charge < -0.3 is 16.0 Å². The van der Waals surface area contributed by atoms with Crippen molar-refractivity contribution in [2.75, 3.05) is 30.8 Å². The zero-order valence-electron chi connectivity index (χ0n) is 9.90. The molecule has 0 atom stereocenters. The van der Waals surface area contributed by atoms with E-state index in [-0.39, 0.29) is 12.5 Å². The van der Waals surface area contributed by atoms with E-state index in [0.717, 1.165) is 6.42 Å². The van der Waals surface area contributed by atoms with Crippen molar-refractivity contribution >= 4 is 33.6 Å². The first-order valence-electron chi connectivity index (χ1n) is 5.32. The molecule has 1 heterocycles. The first-order chi connectivity index (χ1) is 8.06. The van der Waals surface area contributed by atoms with Crippen LogP contribution in [0.3, 0.4) is 0 Å². The number of halogens is 1. The molecule has 0 saturated carbocycles. The number of amides is 1. The van der Waals surface area contributed by atoms with Gasteiger partial charge in [0.2, 0.25) is 11.9 Å². The van der Waals surface area contributed by atoms with E-state index in [9.17, 15) is 4.79 Å². The monoisotopic (exact) mass is 301 g/mol. The molecule has 0 unspecified atom stereocenters. The Hall–Kier alpha value is -1.37. The topological polar surface area (TPSA) is 84.1 Å². The predicted molar refractivity (Wildman–Crippen MR) is 70.7 cm³/mol. The third-order valence-corrected chi connectivity index (χ3v) is 2.50. The molecule has 0 bridgehead atoms. The Kier molecular flexibility index (Phi) is 5.14. The number of hydrogen-bond donors (Lipinski definition) is 2. The summed E-state index contributed by atoms with van der Waals surface area (Å²) in [6, 6.07) is 1.62. The molecule has 1 aromatic heterocycles. The van der Waals surface area contributed by atoms with E-state index in [1.165, 1.54) is 0 Å². The van der Waals surface area contributed by atoms with Crippen LogP contribution in [0.4, 0.5) is 11.8 Å². The van der Waals surface area contributed by atoms with Crippen LogP contribution in [-0.4, -0.2) is 36.0 Å². The average molecular weight is 302 g/mol. The fourth-order valence-electron chi connectivity index (χ4n) is 1.34. The molecule has 0 aromatic carbocycles.